The first kappa shape index (κ1) is 21.2. The van der Waals surface area contributed by atoms with E-state index in [1.165, 1.54) is 6.08 Å². The second kappa shape index (κ2) is 8.73. The molecule has 0 aromatic heterocycles. The summed E-state index contributed by atoms with van der Waals surface area (Å²) in [4.78, 5) is 28.8. The molecule has 0 bridgehead atoms. The maximum Gasteiger partial charge on any atom is 0.257 e. The second-order valence-electron chi connectivity index (χ2n) is 8.53. The maximum atomic E-state index is 12.9. The number of hydrazine groups is 1. The zero-order valence-corrected chi connectivity index (χ0v) is 18.2. The number of hydrogen-bond acceptors (Lipinski definition) is 6. The molecule has 2 aromatic carbocycles. The number of para-hydroxylation sites is 1. The summed E-state index contributed by atoms with van der Waals surface area (Å²) in [5, 5.41) is 0. The Labute approximate surface area is 192 Å². The highest BCUT2D eigenvalue weighted by Gasteiger charge is 2.49. The van der Waals surface area contributed by atoms with Gasteiger partial charge in [0.15, 0.2) is 0 Å². The lowest BCUT2D eigenvalue weighted by Crippen LogP contribution is -2.67. The average molecular weight is 446 g/mol. The standard InChI is InChI=1S/C25H27N5O3/c1-2-21(31)29-13-12-17(14-29)30-15-20(22-23(30)25(32)28-27-24(22)26)16-8-10-19(11-9-16)33-18-6-4-3-5-7-18/h2-11,15,17,22-24,27H,1,12-14,26H2,(H,28,32)/t17-,22?,23?,24?/m1/s1. The minimum absolute atomic E-state index is 0.0376. The van der Waals surface area contributed by atoms with Crippen molar-refractivity contribution in [1.82, 2.24) is 20.7 Å². The molecule has 170 valence electrons. The topological polar surface area (TPSA) is 99.9 Å². The number of nitrogens with zero attached hydrogens (tertiary/aromatic N) is 2. The highest BCUT2D eigenvalue weighted by atomic mass is 16.5. The van der Waals surface area contributed by atoms with Crippen molar-refractivity contribution in [2.75, 3.05) is 13.1 Å². The molecule has 0 saturated carbocycles. The summed E-state index contributed by atoms with van der Waals surface area (Å²) in [5.74, 6) is 1.08. The minimum Gasteiger partial charge on any atom is -0.457 e. The van der Waals surface area contributed by atoms with Crippen molar-refractivity contribution in [3.05, 3.63) is 79.0 Å². The van der Waals surface area contributed by atoms with E-state index in [2.05, 4.69) is 22.3 Å². The van der Waals surface area contributed by atoms with E-state index < -0.39 is 12.2 Å². The number of carbonyl (C=O) groups excluding carboxylic acids is 2. The van der Waals surface area contributed by atoms with Crippen molar-refractivity contribution in [2.45, 2.75) is 24.7 Å². The van der Waals surface area contributed by atoms with Crippen molar-refractivity contribution in [1.29, 1.82) is 0 Å². The van der Waals surface area contributed by atoms with Gasteiger partial charge in [-0.2, -0.15) is 0 Å². The molecule has 0 radical (unpaired) electrons. The quantitative estimate of drug-likeness (QED) is 0.608. The van der Waals surface area contributed by atoms with Gasteiger partial charge in [-0.1, -0.05) is 36.9 Å². The number of likely N-dealkylation sites (tertiary alicyclic amines) is 1. The van der Waals surface area contributed by atoms with Gasteiger partial charge in [0.2, 0.25) is 5.91 Å². The third-order valence-corrected chi connectivity index (χ3v) is 6.56. The lowest BCUT2D eigenvalue weighted by molar-refractivity contribution is -0.131. The molecule has 3 heterocycles. The molecule has 3 aliphatic rings. The summed E-state index contributed by atoms with van der Waals surface area (Å²) in [6.07, 6.45) is 3.73. The number of ether oxygens (including phenoxy) is 1. The van der Waals surface area contributed by atoms with Crippen LogP contribution in [0.1, 0.15) is 12.0 Å². The Bertz CT molecular complexity index is 1080. The summed E-state index contributed by atoms with van der Waals surface area (Å²) in [6.45, 7) is 4.78. The van der Waals surface area contributed by atoms with Crippen LogP contribution in [0.2, 0.25) is 0 Å². The van der Waals surface area contributed by atoms with Crippen LogP contribution in [0, 0.1) is 5.92 Å². The van der Waals surface area contributed by atoms with E-state index in [-0.39, 0.29) is 23.8 Å². The number of carbonyl (C=O) groups is 2. The molecule has 4 atom stereocenters. The van der Waals surface area contributed by atoms with Gasteiger partial charge >= 0.3 is 0 Å². The van der Waals surface area contributed by atoms with Crippen molar-refractivity contribution in [3.8, 4) is 11.5 Å². The molecule has 5 rings (SSSR count). The van der Waals surface area contributed by atoms with Gasteiger partial charge in [0.25, 0.3) is 5.91 Å². The summed E-state index contributed by atoms with van der Waals surface area (Å²) in [7, 11) is 0. The molecule has 4 N–H and O–H groups in total. The fraction of sp³-hybridized carbons (Fsp3) is 0.280. The van der Waals surface area contributed by atoms with Crippen LogP contribution in [-0.2, 0) is 9.59 Å². The molecule has 3 unspecified atom stereocenters. The zero-order chi connectivity index (χ0) is 22.9. The van der Waals surface area contributed by atoms with Crippen LogP contribution in [0.4, 0.5) is 0 Å². The molecule has 8 nitrogen and oxygen atoms in total. The summed E-state index contributed by atoms with van der Waals surface area (Å²) >= 11 is 0. The maximum absolute atomic E-state index is 12.9. The van der Waals surface area contributed by atoms with Crippen LogP contribution >= 0.6 is 0 Å². The summed E-state index contributed by atoms with van der Waals surface area (Å²) in [6, 6.07) is 17.0. The van der Waals surface area contributed by atoms with Gasteiger partial charge in [-0.3, -0.25) is 15.0 Å². The van der Waals surface area contributed by atoms with E-state index in [1.54, 1.807) is 4.90 Å². The largest absolute Gasteiger partial charge is 0.457 e. The van der Waals surface area contributed by atoms with Crippen molar-refractivity contribution in [3.63, 3.8) is 0 Å². The number of benzene rings is 2. The van der Waals surface area contributed by atoms with E-state index in [9.17, 15) is 9.59 Å². The molecule has 2 amide bonds. The molecule has 0 aliphatic carbocycles. The molecule has 2 saturated heterocycles. The minimum atomic E-state index is -0.434. The molecule has 2 fully saturated rings. The van der Waals surface area contributed by atoms with Crippen molar-refractivity contribution in [2.24, 2.45) is 11.7 Å². The summed E-state index contributed by atoms with van der Waals surface area (Å²) in [5.41, 5.74) is 14.0. The van der Waals surface area contributed by atoms with E-state index in [0.29, 0.717) is 13.1 Å². The SMILES string of the molecule is C=CC(=O)N1CC[C@@H](N2C=C(c3ccc(Oc4ccccc4)cc3)C3C(N)NNC(=O)C32)C1. The van der Waals surface area contributed by atoms with Gasteiger partial charge < -0.3 is 20.3 Å². The van der Waals surface area contributed by atoms with Crippen LogP contribution in [0.3, 0.4) is 0 Å². The number of hydrogen-bond donors (Lipinski definition) is 3. The van der Waals surface area contributed by atoms with Gasteiger partial charge in [0.1, 0.15) is 17.5 Å². The third kappa shape index (κ3) is 3.99. The van der Waals surface area contributed by atoms with Gasteiger partial charge in [-0.05, 0) is 47.9 Å². The molecule has 33 heavy (non-hydrogen) atoms. The molecule has 0 spiro atoms. The summed E-state index contributed by atoms with van der Waals surface area (Å²) < 4.78 is 5.91. The molecule has 2 aromatic rings. The van der Waals surface area contributed by atoms with E-state index >= 15 is 0 Å². The van der Waals surface area contributed by atoms with E-state index in [1.807, 2.05) is 60.8 Å². The Morgan fingerprint density at radius 3 is 2.58 bits per heavy atom. The lowest BCUT2D eigenvalue weighted by Gasteiger charge is -2.39. The fourth-order valence-electron chi connectivity index (χ4n) is 4.94. The Morgan fingerprint density at radius 1 is 1.12 bits per heavy atom. The van der Waals surface area contributed by atoms with Crippen LogP contribution in [0.15, 0.2) is 73.5 Å². The Kier molecular flexibility index (Phi) is 5.62. The fourth-order valence-corrected chi connectivity index (χ4v) is 4.94. The van der Waals surface area contributed by atoms with Crippen LogP contribution in [0.25, 0.3) is 5.57 Å². The van der Waals surface area contributed by atoms with Crippen molar-refractivity contribution < 1.29 is 14.3 Å². The second-order valence-corrected chi connectivity index (χ2v) is 8.53. The van der Waals surface area contributed by atoms with E-state index in [4.69, 9.17) is 10.5 Å². The first-order valence-corrected chi connectivity index (χ1v) is 11.1. The predicted octanol–water partition coefficient (Wildman–Crippen LogP) is 1.83. The number of rotatable bonds is 5. The van der Waals surface area contributed by atoms with E-state index in [0.717, 1.165) is 29.1 Å². The molecular formula is C25H27N5O3. The highest BCUT2D eigenvalue weighted by Crippen LogP contribution is 2.41. The Morgan fingerprint density at radius 2 is 1.85 bits per heavy atom. The smallest absolute Gasteiger partial charge is 0.257 e. The van der Waals surface area contributed by atoms with Gasteiger partial charge in [-0.25, -0.2) is 5.43 Å². The molecule has 8 heteroatoms. The number of nitrogens with one attached hydrogen (secondary N) is 2. The molecular weight excluding hydrogens is 418 g/mol. The lowest BCUT2D eigenvalue weighted by atomic mass is 9.86. The van der Waals surface area contributed by atoms with Crippen molar-refractivity contribution >= 4 is 17.4 Å². The normalized spacial score (nSPS) is 26.5. The van der Waals surface area contributed by atoms with Gasteiger partial charge in [0.05, 0.1) is 6.17 Å². The molecule has 3 aliphatic heterocycles. The average Bonchev–Trinajstić information content (AvgIpc) is 3.48. The number of fused-ring (bicyclic) bond motifs is 1. The Hall–Kier alpha value is -3.62. The van der Waals surface area contributed by atoms with Gasteiger partial charge in [0, 0.05) is 31.2 Å². The predicted molar refractivity (Wildman–Crippen MR) is 124 cm³/mol. The van der Waals surface area contributed by atoms with Crippen LogP contribution < -0.4 is 21.3 Å². The zero-order valence-electron chi connectivity index (χ0n) is 18.2. The Balaban J connectivity index is 1.42. The third-order valence-electron chi connectivity index (χ3n) is 6.56. The monoisotopic (exact) mass is 445 g/mol. The van der Waals surface area contributed by atoms with Crippen LogP contribution in [-0.4, -0.2) is 53.0 Å². The highest BCUT2D eigenvalue weighted by molar-refractivity contribution is 5.89. The first-order valence-electron chi connectivity index (χ1n) is 11.1. The van der Waals surface area contributed by atoms with Crippen LogP contribution in [0.5, 0.6) is 11.5 Å². The number of nitrogens with two attached hydrogens (primary N) is 1. The first-order chi connectivity index (χ1) is 16.0. The van der Waals surface area contributed by atoms with Gasteiger partial charge in [-0.15, -0.1) is 0 Å². The number of amides is 2.